The van der Waals surface area contributed by atoms with Crippen LogP contribution in [0.25, 0.3) is 11.4 Å². The predicted molar refractivity (Wildman–Crippen MR) is 75.1 cm³/mol. The monoisotopic (exact) mass is 236 g/mol. The van der Waals surface area contributed by atoms with Gasteiger partial charge in [-0.05, 0) is 13.0 Å². The number of benzene rings is 1. The van der Waals surface area contributed by atoms with Crippen molar-refractivity contribution in [2.75, 3.05) is 0 Å². The average Bonchev–Trinajstić information content (AvgIpc) is 2.45. The van der Waals surface area contributed by atoms with Crippen molar-refractivity contribution in [2.24, 2.45) is 0 Å². The third-order valence-electron chi connectivity index (χ3n) is 2.51. The van der Waals surface area contributed by atoms with Gasteiger partial charge in [0.05, 0.1) is 0 Å². The summed E-state index contributed by atoms with van der Waals surface area (Å²) in [5, 5.41) is 0. The Morgan fingerprint density at radius 3 is 2.67 bits per heavy atom. The lowest BCUT2D eigenvalue weighted by Crippen LogP contribution is -1.93. The highest BCUT2D eigenvalue weighted by molar-refractivity contribution is 5.54. The Labute approximate surface area is 108 Å². The molecule has 0 unspecified atom stereocenters. The van der Waals surface area contributed by atoms with Crippen LogP contribution in [0.2, 0.25) is 0 Å². The van der Waals surface area contributed by atoms with E-state index in [9.17, 15) is 0 Å². The highest BCUT2D eigenvalue weighted by Gasteiger charge is 2.00. The first-order valence-corrected chi connectivity index (χ1v) is 6.05. The molecule has 0 saturated heterocycles. The van der Waals surface area contributed by atoms with Crippen LogP contribution >= 0.6 is 0 Å². The molecule has 18 heavy (non-hydrogen) atoms. The second-order valence-corrected chi connectivity index (χ2v) is 3.90. The Kier molecular flexibility index (Phi) is 4.42. The quantitative estimate of drug-likeness (QED) is 0.754. The molecule has 1 aromatic carbocycles. The normalized spacial score (nSPS) is 11.4. The van der Waals surface area contributed by atoms with Crippen molar-refractivity contribution in [2.45, 2.75) is 13.3 Å². The maximum atomic E-state index is 4.55. The minimum atomic E-state index is 0.785. The SMILES string of the molecule is C/C=C\C=C/Cc1ccnc(-c2ccccc2)n1. The Bertz CT molecular complexity index is 542. The maximum Gasteiger partial charge on any atom is 0.159 e. The molecule has 0 atom stereocenters. The zero-order chi connectivity index (χ0) is 12.6. The molecule has 0 aliphatic carbocycles. The summed E-state index contributed by atoms with van der Waals surface area (Å²) in [6, 6.07) is 12.0. The number of nitrogens with zero attached hydrogens (tertiary/aromatic N) is 2. The first kappa shape index (κ1) is 12.2. The molecule has 0 spiro atoms. The molecule has 0 saturated carbocycles. The molecule has 1 aromatic heterocycles. The molecule has 90 valence electrons. The fourth-order valence-corrected chi connectivity index (χ4v) is 1.61. The van der Waals surface area contributed by atoms with E-state index in [0.29, 0.717) is 0 Å². The lowest BCUT2D eigenvalue weighted by molar-refractivity contribution is 1.06. The smallest absolute Gasteiger partial charge is 0.159 e. The molecule has 0 bridgehead atoms. The lowest BCUT2D eigenvalue weighted by atomic mass is 10.2. The molecular formula is C16H16N2. The van der Waals surface area contributed by atoms with Gasteiger partial charge in [0.1, 0.15) is 0 Å². The van der Waals surface area contributed by atoms with Crippen LogP contribution in [0.1, 0.15) is 12.6 Å². The second-order valence-electron chi connectivity index (χ2n) is 3.90. The van der Waals surface area contributed by atoms with Crippen molar-refractivity contribution in [1.82, 2.24) is 9.97 Å². The van der Waals surface area contributed by atoms with Crippen LogP contribution in [0.3, 0.4) is 0 Å². The van der Waals surface area contributed by atoms with Gasteiger partial charge >= 0.3 is 0 Å². The molecule has 2 heteroatoms. The van der Waals surface area contributed by atoms with E-state index in [1.807, 2.05) is 67.7 Å². The molecule has 2 rings (SSSR count). The number of hydrogen-bond acceptors (Lipinski definition) is 2. The van der Waals surface area contributed by atoms with E-state index >= 15 is 0 Å². The van der Waals surface area contributed by atoms with Gasteiger partial charge in [0.2, 0.25) is 0 Å². The number of allylic oxidation sites excluding steroid dienone is 4. The highest BCUT2D eigenvalue weighted by atomic mass is 14.9. The molecule has 1 heterocycles. The van der Waals surface area contributed by atoms with Crippen molar-refractivity contribution in [3.8, 4) is 11.4 Å². The van der Waals surface area contributed by atoms with Gasteiger partial charge < -0.3 is 0 Å². The maximum absolute atomic E-state index is 4.55. The van der Waals surface area contributed by atoms with Crippen molar-refractivity contribution in [3.05, 3.63) is 72.6 Å². The molecule has 0 aliphatic rings. The molecule has 2 nitrogen and oxygen atoms in total. The minimum Gasteiger partial charge on any atom is -0.237 e. The standard InChI is InChI=1S/C16H16N2/c1-2-3-4-8-11-15-12-13-17-16(18-15)14-9-6-5-7-10-14/h2-10,12-13H,11H2,1H3/b3-2-,8-4-. The topological polar surface area (TPSA) is 25.8 Å². The zero-order valence-electron chi connectivity index (χ0n) is 10.5. The fourth-order valence-electron chi connectivity index (χ4n) is 1.61. The van der Waals surface area contributed by atoms with Crippen molar-refractivity contribution in [3.63, 3.8) is 0 Å². The van der Waals surface area contributed by atoms with Crippen molar-refractivity contribution < 1.29 is 0 Å². The van der Waals surface area contributed by atoms with Crippen LogP contribution in [0.15, 0.2) is 66.9 Å². The van der Waals surface area contributed by atoms with Crippen molar-refractivity contribution >= 4 is 0 Å². The van der Waals surface area contributed by atoms with Crippen LogP contribution in [0, 0.1) is 0 Å². The first-order valence-electron chi connectivity index (χ1n) is 6.05. The summed E-state index contributed by atoms with van der Waals surface area (Å²) in [6.45, 7) is 2.00. The van der Waals surface area contributed by atoms with Gasteiger partial charge in [0, 0.05) is 23.9 Å². The van der Waals surface area contributed by atoms with Gasteiger partial charge in [0.25, 0.3) is 0 Å². The third-order valence-corrected chi connectivity index (χ3v) is 2.51. The Balaban J connectivity index is 2.15. The van der Waals surface area contributed by atoms with Crippen LogP contribution in [0.5, 0.6) is 0 Å². The Morgan fingerprint density at radius 2 is 1.89 bits per heavy atom. The summed E-state index contributed by atoms with van der Waals surface area (Å²) in [5.74, 6) is 0.785. The van der Waals surface area contributed by atoms with E-state index in [2.05, 4.69) is 16.0 Å². The Morgan fingerprint density at radius 1 is 1.06 bits per heavy atom. The predicted octanol–water partition coefficient (Wildman–Crippen LogP) is 3.82. The van der Waals surface area contributed by atoms with Crippen LogP contribution in [-0.2, 0) is 6.42 Å². The largest absolute Gasteiger partial charge is 0.237 e. The van der Waals surface area contributed by atoms with Crippen LogP contribution < -0.4 is 0 Å². The Hall–Kier alpha value is -2.22. The molecular weight excluding hydrogens is 220 g/mol. The van der Waals surface area contributed by atoms with Gasteiger partial charge in [-0.2, -0.15) is 0 Å². The highest BCUT2D eigenvalue weighted by Crippen LogP contribution is 2.13. The van der Waals surface area contributed by atoms with Gasteiger partial charge in [-0.15, -0.1) is 0 Å². The van der Waals surface area contributed by atoms with Gasteiger partial charge in [-0.3, -0.25) is 0 Å². The first-order chi connectivity index (χ1) is 8.90. The molecule has 0 radical (unpaired) electrons. The lowest BCUT2D eigenvalue weighted by Gasteiger charge is -2.01. The van der Waals surface area contributed by atoms with Crippen LogP contribution in [0.4, 0.5) is 0 Å². The van der Waals surface area contributed by atoms with E-state index < -0.39 is 0 Å². The molecule has 0 N–H and O–H groups in total. The van der Waals surface area contributed by atoms with Gasteiger partial charge in [-0.25, -0.2) is 9.97 Å². The van der Waals surface area contributed by atoms with E-state index in [4.69, 9.17) is 0 Å². The van der Waals surface area contributed by atoms with Gasteiger partial charge in [-0.1, -0.05) is 54.6 Å². The van der Waals surface area contributed by atoms with E-state index in [-0.39, 0.29) is 0 Å². The number of hydrogen-bond donors (Lipinski definition) is 0. The third kappa shape index (κ3) is 3.39. The number of aromatic nitrogens is 2. The second kappa shape index (κ2) is 6.50. The summed E-state index contributed by atoms with van der Waals surface area (Å²) in [6.07, 6.45) is 10.8. The van der Waals surface area contributed by atoms with Gasteiger partial charge in [0.15, 0.2) is 5.82 Å². The van der Waals surface area contributed by atoms with E-state index in [0.717, 1.165) is 23.5 Å². The molecule has 2 aromatic rings. The average molecular weight is 236 g/mol. The van der Waals surface area contributed by atoms with E-state index in [1.54, 1.807) is 0 Å². The minimum absolute atomic E-state index is 0.785. The fraction of sp³-hybridized carbons (Fsp3) is 0.125. The summed E-state index contributed by atoms with van der Waals surface area (Å²) in [5.41, 5.74) is 2.08. The molecule has 0 aliphatic heterocycles. The van der Waals surface area contributed by atoms with Crippen LogP contribution in [-0.4, -0.2) is 9.97 Å². The molecule has 0 amide bonds. The summed E-state index contributed by atoms with van der Waals surface area (Å²) >= 11 is 0. The van der Waals surface area contributed by atoms with E-state index in [1.165, 1.54) is 0 Å². The summed E-state index contributed by atoms with van der Waals surface area (Å²) in [7, 11) is 0. The molecule has 0 fully saturated rings. The number of rotatable bonds is 4. The van der Waals surface area contributed by atoms with Crippen molar-refractivity contribution in [1.29, 1.82) is 0 Å². The summed E-state index contributed by atoms with van der Waals surface area (Å²) in [4.78, 5) is 8.86. The zero-order valence-corrected chi connectivity index (χ0v) is 10.5. The summed E-state index contributed by atoms with van der Waals surface area (Å²) < 4.78 is 0.